The Balaban J connectivity index is 1.60. The molecular weight excluding hydrogens is 256 g/mol. The third-order valence-corrected chi connectivity index (χ3v) is 4.73. The molecular formula is C15H18N2OS. The molecule has 1 saturated carbocycles. The van der Waals surface area contributed by atoms with E-state index in [4.69, 9.17) is 5.73 Å². The van der Waals surface area contributed by atoms with E-state index >= 15 is 0 Å². The van der Waals surface area contributed by atoms with Crippen molar-refractivity contribution in [2.75, 3.05) is 0 Å². The maximum absolute atomic E-state index is 12.0. The molecule has 1 aromatic heterocycles. The van der Waals surface area contributed by atoms with Gasteiger partial charge in [0.05, 0.1) is 0 Å². The summed E-state index contributed by atoms with van der Waals surface area (Å²) in [6.07, 6.45) is 2.73. The van der Waals surface area contributed by atoms with Crippen LogP contribution in [0.15, 0.2) is 29.6 Å². The van der Waals surface area contributed by atoms with Crippen molar-refractivity contribution in [3.63, 3.8) is 0 Å². The average molecular weight is 274 g/mol. The highest BCUT2D eigenvalue weighted by atomic mass is 32.1. The lowest BCUT2D eigenvalue weighted by molar-refractivity contribution is -0.125. The lowest BCUT2D eigenvalue weighted by Gasteiger charge is -2.10. The van der Waals surface area contributed by atoms with Crippen LogP contribution < -0.4 is 11.1 Å². The van der Waals surface area contributed by atoms with E-state index in [9.17, 15) is 4.79 Å². The summed E-state index contributed by atoms with van der Waals surface area (Å²) in [4.78, 5) is 12.0. The summed E-state index contributed by atoms with van der Waals surface area (Å²) in [6.45, 7) is 0.607. The topological polar surface area (TPSA) is 55.1 Å². The van der Waals surface area contributed by atoms with Gasteiger partial charge in [-0.25, -0.2) is 0 Å². The number of hydrogen-bond acceptors (Lipinski definition) is 3. The fourth-order valence-corrected chi connectivity index (χ4v) is 3.49. The Hall–Kier alpha value is -1.39. The molecule has 0 unspecified atom stereocenters. The average Bonchev–Trinajstić information content (AvgIpc) is 3.03. The Morgan fingerprint density at radius 1 is 1.37 bits per heavy atom. The molecule has 1 aromatic carbocycles. The molecule has 0 saturated heterocycles. The minimum Gasteiger partial charge on any atom is -0.352 e. The van der Waals surface area contributed by atoms with Gasteiger partial charge in [0.15, 0.2) is 0 Å². The smallest absolute Gasteiger partial charge is 0.223 e. The van der Waals surface area contributed by atoms with E-state index in [2.05, 4.69) is 35.0 Å². The van der Waals surface area contributed by atoms with Gasteiger partial charge in [-0.1, -0.05) is 6.07 Å². The Labute approximate surface area is 116 Å². The van der Waals surface area contributed by atoms with Gasteiger partial charge in [-0.3, -0.25) is 4.79 Å². The molecule has 1 aliphatic rings. The Bertz CT molecular complexity index is 593. The van der Waals surface area contributed by atoms with Crippen LogP contribution in [0, 0.1) is 5.92 Å². The molecule has 3 N–H and O–H groups in total. The quantitative estimate of drug-likeness (QED) is 0.904. The second-order valence-corrected chi connectivity index (χ2v) is 6.23. The standard InChI is InChI=1S/C15H18N2OS/c16-13-3-2-12(8-13)15(18)17-9-10-1-4-14-11(7-10)5-6-19-14/h1,4-7,12-13H,2-3,8-9,16H2,(H,17,18)/t12-,13+/m0/s1. The molecule has 0 bridgehead atoms. The summed E-state index contributed by atoms with van der Waals surface area (Å²) >= 11 is 1.74. The lowest BCUT2D eigenvalue weighted by Crippen LogP contribution is -2.29. The van der Waals surface area contributed by atoms with Crippen LogP contribution in [0.25, 0.3) is 10.1 Å². The summed E-state index contributed by atoms with van der Waals surface area (Å²) < 4.78 is 1.29. The first-order valence-corrected chi connectivity index (χ1v) is 7.60. The zero-order valence-corrected chi connectivity index (χ0v) is 11.6. The predicted molar refractivity (Wildman–Crippen MR) is 79.0 cm³/mol. The minimum atomic E-state index is 0.111. The number of nitrogens with one attached hydrogen (secondary N) is 1. The Morgan fingerprint density at radius 3 is 3.05 bits per heavy atom. The number of carbonyl (C=O) groups excluding carboxylic acids is 1. The summed E-state index contributed by atoms with van der Waals surface area (Å²) in [7, 11) is 0. The van der Waals surface area contributed by atoms with E-state index in [1.54, 1.807) is 11.3 Å². The number of amides is 1. The van der Waals surface area contributed by atoms with Gasteiger partial charge in [-0.05, 0) is 53.8 Å². The van der Waals surface area contributed by atoms with Crippen molar-refractivity contribution in [2.45, 2.75) is 31.8 Å². The van der Waals surface area contributed by atoms with E-state index in [-0.39, 0.29) is 17.9 Å². The molecule has 3 nitrogen and oxygen atoms in total. The van der Waals surface area contributed by atoms with E-state index < -0.39 is 0 Å². The molecule has 3 rings (SSSR count). The van der Waals surface area contributed by atoms with E-state index in [1.165, 1.54) is 10.1 Å². The summed E-state index contributed by atoms with van der Waals surface area (Å²) in [5.41, 5.74) is 7.00. The molecule has 4 heteroatoms. The number of nitrogens with two attached hydrogens (primary N) is 1. The SMILES string of the molecule is N[C@@H]1CC[C@H](C(=O)NCc2ccc3sccc3c2)C1. The number of fused-ring (bicyclic) bond motifs is 1. The van der Waals surface area contributed by atoms with Crippen LogP contribution in [0.3, 0.4) is 0 Å². The van der Waals surface area contributed by atoms with Gasteiger partial charge in [-0.2, -0.15) is 0 Å². The van der Waals surface area contributed by atoms with Gasteiger partial charge < -0.3 is 11.1 Å². The van der Waals surface area contributed by atoms with E-state index in [0.717, 1.165) is 24.8 Å². The van der Waals surface area contributed by atoms with Crippen LogP contribution in [0.2, 0.25) is 0 Å². The molecule has 1 heterocycles. The highest BCUT2D eigenvalue weighted by molar-refractivity contribution is 7.17. The molecule has 1 aliphatic carbocycles. The molecule has 100 valence electrons. The van der Waals surface area contributed by atoms with Crippen molar-refractivity contribution in [1.29, 1.82) is 0 Å². The molecule has 2 aromatic rings. The van der Waals surface area contributed by atoms with Crippen molar-refractivity contribution < 1.29 is 4.79 Å². The van der Waals surface area contributed by atoms with Crippen LogP contribution in [-0.2, 0) is 11.3 Å². The predicted octanol–water partition coefficient (Wildman–Crippen LogP) is 2.64. The molecule has 1 amide bonds. The Morgan fingerprint density at radius 2 is 2.26 bits per heavy atom. The fourth-order valence-electron chi connectivity index (χ4n) is 2.71. The first kappa shape index (κ1) is 12.6. The maximum atomic E-state index is 12.0. The van der Waals surface area contributed by atoms with Crippen molar-refractivity contribution in [3.8, 4) is 0 Å². The zero-order chi connectivity index (χ0) is 13.2. The summed E-state index contributed by atoms with van der Waals surface area (Å²) in [5.74, 6) is 0.262. The van der Waals surface area contributed by atoms with E-state index in [0.29, 0.717) is 6.54 Å². The van der Waals surface area contributed by atoms with Crippen molar-refractivity contribution >= 4 is 27.3 Å². The molecule has 1 fully saturated rings. The van der Waals surface area contributed by atoms with Crippen LogP contribution >= 0.6 is 11.3 Å². The van der Waals surface area contributed by atoms with Crippen LogP contribution in [0.1, 0.15) is 24.8 Å². The lowest BCUT2D eigenvalue weighted by atomic mass is 10.1. The van der Waals surface area contributed by atoms with Crippen LogP contribution in [-0.4, -0.2) is 11.9 Å². The molecule has 0 radical (unpaired) electrons. The van der Waals surface area contributed by atoms with Gasteiger partial charge in [-0.15, -0.1) is 11.3 Å². The van der Waals surface area contributed by atoms with Gasteiger partial charge in [0.25, 0.3) is 0 Å². The maximum Gasteiger partial charge on any atom is 0.223 e. The fraction of sp³-hybridized carbons (Fsp3) is 0.400. The number of benzene rings is 1. The molecule has 19 heavy (non-hydrogen) atoms. The first-order valence-electron chi connectivity index (χ1n) is 6.72. The molecule has 0 spiro atoms. The second-order valence-electron chi connectivity index (χ2n) is 5.28. The number of hydrogen-bond donors (Lipinski definition) is 2. The van der Waals surface area contributed by atoms with Gasteiger partial charge in [0.2, 0.25) is 5.91 Å². The number of carbonyl (C=O) groups is 1. The molecule has 2 atom stereocenters. The highest BCUT2D eigenvalue weighted by Gasteiger charge is 2.27. The number of rotatable bonds is 3. The number of thiophene rings is 1. The highest BCUT2D eigenvalue weighted by Crippen LogP contribution is 2.24. The van der Waals surface area contributed by atoms with Crippen molar-refractivity contribution in [3.05, 3.63) is 35.2 Å². The first-order chi connectivity index (χ1) is 9.22. The van der Waals surface area contributed by atoms with Gasteiger partial charge >= 0.3 is 0 Å². The van der Waals surface area contributed by atoms with Crippen molar-refractivity contribution in [1.82, 2.24) is 5.32 Å². The summed E-state index contributed by atoms with van der Waals surface area (Å²) in [6, 6.07) is 8.67. The normalized spacial score (nSPS) is 22.8. The second kappa shape index (κ2) is 5.31. The monoisotopic (exact) mass is 274 g/mol. The van der Waals surface area contributed by atoms with Gasteiger partial charge in [0, 0.05) is 23.2 Å². The third kappa shape index (κ3) is 2.80. The third-order valence-electron chi connectivity index (χ3n) is 3.83. The van der Waals surface area contributed by atoms with Crippen molar-refractivity contribution in [2.24, 2.45) is 11.7 Å². The van der Waals surface area contributed by atoms with Crippen LogP contribution in [0.4, 0.5) is 0 Å². The largest absolute Gasteiger partial charge is 0.352 e. The zero-order valence-electron chi connectivity index (χ0n) is 10.8. The Kier molecular flexibility index (Phi) is 3.53. The van der Waals surface area contributed by atoms with E-state index in [1.807, 2.05) is 0 Å². The van der Waals surface area contributed by atoms with Gasteiger partial charge in [0.1, 0.15) is 0 Å². The van der Waals surface area contributed by atoms with Crippen LogP contribution in [0.5, 0.6) is 0 Å². The summed E-state index contributed by atoms with van der Waals surface area (Å²) in [5, 5.41) is 6.37. The molecule has 0 aliphatic heterocycles. The minimum absolute atomic E-state index is 0.111.